The number of carbonyl (C=O) groups excluding carboxylic acids is 1. The quantitative estimate of drug-likeness (QED) is 0.578. The number of anilines is 2. The monoisotopic (exact) mass is 433 g/mol. The van der Waals surface area contributed by atoms with E-state index in [9.17, 15) is 4.79 Å². The van der Waals surface area contributed by atoms with Crippen molar-refractivity contribution in [2.75, 3.05) is 53.1 Å². The highest BCUT2D eigenvalue weighted by Gasteiger charge is 2.25. The zero-order chi connectivity index (χ0) is 22.4. The van der Waals surface area contributed by atoms with Crippen LogP contribution in [-0.4, -0.2) is 54.2 Å². The molecule has 0 bridgehead atoms. The van der Waals surface area contributed by atoms with Crippen LogP contribution in [0.2, 0.25) is 0 Å². The molecule has 0 aliphatic carbocycles. The van der Waals surface area contributed by atoms with E-state index in [0.717, 1.165) is 12.8 Å². The first kappa shape index (κ1) is 22.7. The minimum absolute atomic E-state index is 0.179. The molecule has 31 heavy (non-hydrogen) atoms. The van der Waals surface area contributed by atoms with Gasteiger partial charge in [0.25, 0.3) is 0 Å². The molecule has 0 aromatic heterocycles. The van der Waals surface area contributed by atoms with Crippen LogP contribution in [0.1, 0.15) is 23.2 Å². The Balaban J connectivity index is 1.97. The van der Waals surface area contributed by atoms with Gasteiger partial charge in [0.1, 0.15) is 28.6 Å². The Hall–Kier alpha value is -3.00. The molecular formula is C23H28FNO6. The third-order valence-electron chi connectivity index (χ3n) is 5.37. The van der Waals surface area contributed by atoms with Gasteiger partial charge in [0, 0.05) is 38.5 Å². The van der Waals surface area contributed by atoms with Crippen LogP contribution in [0, 0.1) is 11.7 Å². The SMILES string of the molecule is COC(=O)c1c(F)cc(OCC2CCOCC2)cc1N(C)c1ccc(OC)cc1OC. The first-order chi connectivity index (χ1) is 15.0. The number of carbonyl (C=O) groups is 1. The molecule has 3 rings (SSSR count). The van der Waals surface area contributed by atoms with Crippen molar-refractivity contribution in [3.8, 4) is 17.2 Å². The second-order valence-corrected chi connectivity index (χ2v) is 7.25. The van der Waals surface area contributed by atoms with Gasteiger partial charge in [-0.3, -0.25) is 0 Å². The Bertz CT molecular complexity index is 913. The van der Waals surface area contributed by atoms with Gasteiger partial charge in [-0.15, -0.1) is 0 Å². The highest BCUT2D eigenvalue weighted by atomic mass is 19.1. The van der Waals surface area contributed by atoms with Crippen LogP contribution in [0.5, 0.6) is 17.2 Å². The summed E-state index contributed by atoms with van der Waals surface area (Å²) in [6, 6.07) is 8.10. The predicted molar refractivity (Wildman–Crippen MR) is 114 cm³/mol. The zero-order valence-corrected chi connectivity index (χ0v) is 18.3. The standard InChI is InChI=1S/C23H28FNO6/c1-25(19-6-5-16(27-2)13-21(19)28-3)20-12-17(11-18(24)22(20)23(26)29-4)31-14-15-7-9-30-10-8-15/h5-6,11-13,15H,7-10,14H2,1-4H3. The van der Waals surface area contributed by atoms with Gasteiger partial charge in [-0.1, -0.05) is 0 Å². The summed E-state index contributed by atoms with van der Waals surface area (Å²) in [6.07, 6.45) is 1.80. The molecule has 2 aromatic rings. The lowest BCUT2D eigenvalue weighted by atomic mass is 10.0. The molecule has 1 heterocycles. The summed E-state index contributed by atoms with van der Waals surface area (Å²) < 4.78 is 41.8. The molecule has 2 aromatic carbocycles. The van der Waals surface area contributed by atoms with Crippen molar-refractivity contribution >= 4 is 17.3 Å². The van der Waals surface area contributed by atoms with E-state index >= 15 is 4.39 Å². The number of benzene rings is 2. The summed E-state index contributed by atoms with van der Waals surface area (Å²) in [5.41, 5.74) is 0.744. The molecule has 1 saturated heterocycles. The molecule has 7 nitrogen and oxygen atoms in total. The van der Waals surface area contributed by atoms with Gasteiger partial charge in [-0.2, -0.15) is 0 Å². The van der Waals surface area contributed by atoms with Crippen molar-refractivity contribution < 1.29 is 32.9 Å². The van der Waals surface area contributed by atoms with Crippen molar-refractivity contribution in [3.63, 3.8) is 0 Å². The van der Waals surface area contributed by atoms with Crippen LogP contribution in [0.15, 0.2) is 30.3 Å². The van der Waals surface area contributed by atoms with Gasteiger partial charge < -0.3 is 28.6 Å². The first-order valence-electron chi connectivity index (χ1n) is 10.1. The molecular weight excluding hydrogens is 405 g/mol. The van der Waals surface area contributed by atoms with E-state index in [1.54, 1.807) is 43.3 Å². The number of methoxy groups -OCH3 is 3. The van der Waals surface area contributed by atoms with Crippen molar-refractivity contribution in [1.82, 2.24) is 0 Å². The topological polar surface area (TPSA) is 66.5 Å². The highest BCUT2D eigenvalue weighted by molar-refractivity contribution is 5.98. The normalized spacial score (nSPS) is 14.1. The number of nitrogens with zero attached hydrogens (tertiary/aromatic N) is 1. The number of rotatable bonds is 8. The van der Waals surface area contributed by atoms with Gasteiger partial charge >= 0.3 is 5.97 Å². The Morgan fingerprint density at radius 3 is 2.45 bits per heavy atom. The van der Waals surface area contributed by atoms with E-state index in [0.29, 0.717) is 54.4 Å². The molecule has 0 unspecified atom stereocenters. The van der Waals surface area contributed by atoms with E-state index in [1.165, 1.54) is 20.3 Å². The largest absolute Gasteiger partial charge is 0.497 e. The second-order valence-electron chi connectivity index (χ2n) is 7.25. The predicted octanol–water partition coefficient (Wildman–Crippen LogP) is 4.20. The molecule has 0 amide bonds. The second kappa shape index (κ2) is 10.3. The highest BCUT2D eigenvalue weighted by Crippen LogP contribution is 2.39. The lowest BCUT2D eigenvalue weighted by Gasteiger charge is -2.26. The van der Waals surface area contributed by atoms with E-state index < -0.39 is 11.8 Å². The average Bonchev–Trinajstić information content (AvgIpc) is 2.81. The maximum absolute atomic E-state index is 15.0. The van der Waals surface area contributed by atoms with Crippen molar-refractivity contribution in [3.05, 3.63) is 41.7 Å². The maximum atomic E-state index is 15.0. The van der Waals surface area contributed by atoms with Crippen LogP contribution < -0.4 is 19.1 Å². The van der Waals surface area contributed by atoms with Gasteiger partial charge in [0.05, 0.1) is 39.3 Å². The summed E-state index contributed by atoms with van der Waals surface area (Å²) >= 11 is 0. The van der Waals surface area contributed by atoms with E-state index in [1.807, 2.05) is 0 Å². The van der Waals surface area contributed by atoms with E-state index in [4.69, 9.17) is 23.7 Å². The minimum atomic E-state index is -0.775. The third kappa shape index (κ3) is 5.19. The molecule has 0 radical (unpaired) electrons. The number of hydrogen-bond acceptors (Lipinski definition) is 7. The number of ether oxygens (including phenoxy) is 5. The minimum Gasteiger partial charge on any atom is -0.497 e. The third-order valence-corrected chi connectivity index (χ3v) is 5.37. The van der Waals surface area contributed by atoms with Gasteiger partial charge in [0.15, 0.2) is 0 Å². The Kier molecular flexibility index (Phi) is 7.57. The summed E-state index contributed by atoms with van der Waals surface area (Å²) in [5, 5.41) is 0. The van der Waals surface area contributed by atoms with Crippen LogP contribution in [0.3, 0.4) is 0 Å². The molecule has 8 heteroatoms. The Labute approximate surface area is 181 Å². The lowest BCUT2D eigenvalue weighted by molar-refractivity contribution is 0.0496. The summed E-state index contributed by atoms with van der Waals surface area (Å²) in [4.78, 5) is 14.0. The summed E-state index contributed by atoms with van der Waals surface area (Å²) in [7, 11) is 6.02. The van der Waals surface area contributed by atoms with Crippen molar-refractivity contribution in [2.24, 2.45) is 5.92 Å². The molecule has 1 aliphatic heterocycles. The smallest absolute Gasteiger partial charge is 0.343 e. The molecule has 0 N–H and O–H groups in total. The van der Waals surface area contributed by atoms with E-state index in [2.05, 4.69) is 0 Å². The van der Waals surface area contributed by atoms with Crippen molar-refractivity contribution in [2.45, 2.75) is 12.8 Å². The Morgan fingerprint density at radius 1 is 1.06 bits per heavy atom. The fourth-order valence-corrected chi connectivity index (χ4v) is 3.54. The molecule has 1 fully saturated rings. The van der Waals surface area contributed by atoms with Gasteiger partial charge in [-0.25, -0.2) is 9.18 Å². The average molecular weight is 433 g/mol. The number of halogens is 1. The van der Waals surface area contributed by atoms with E-state index in [-0.39, 0.29) is 5.56 Å². The fourth-order valence-electron chi connectivity index (χ4n) is 3.54. The molecule has 0 saturated carbocycles. The van der Waals surface area contributed by atoms with Crippen molar-refractivity contribution in [1.29, 1.82) is 0 Å². The van der Waals surface area contributed by atoms with Gasteiger partial charge in [0.2, 0.25) is 0 Å². The maximum Gasteiger partial charge on any atom is 0.343 e. The van der Waals surface area contributed by atoms with Crippen LogP contribution in [-0.2, 0) is 9.47 Å². The zero-order valence-electron chi connectivity index (χ0n) is 18.3. The molecule has 1 aliphatic rings. The lowest BCUT2D eigenvalue weighted by Crippen LogP contribution is -2.22. The van der Waals surface area contributed by atoms with Gasteiger partial charge in [-0.05, 0) is 30.9 Å². The van der Waals surface area contributed by atoms with Crippen LogP contribution in [0.25, 0.3) is 0 Å². The molecule has 168 valence electrons. The summed E-state index contributed by atoms with van der Waals surface area (Å²) in [5.74, 6) is 0.313. The number of esters is 1. The molecule has 0 atom stereocenters. The van der Waals surface area contributed by atoms with Crippen LogP contribution in [0.4, 0.5) is 15.8 Å². The van der Waals surface area contributed by atoms with Crippen LogP contribution >= 0.6 is 0 Å². The number of hydrogen-bond donors (Lipinski definition) is 0. The Morgan fingerprint density at radius 2 is 1.81 bits per heavy atom. The fraction of sp³-hybridized carbons (Fsp3) is 0.435. The first-order valence-corrected chi connectivity index (χ1v) is 10.1. The molecule has 0 spiro atoms. The summed E-state index contributed by atoms with van der Waals surface area (Å²) in [6.45, 7) is 1.86.